The van der Waals surface area contributed by atoms with Crippen molar-refractivity contribution in [1.29, 1.82) is 0 Å². The summed E-state index contributed by atoms with van der Waals surface area (Å²) in [4.78, 5) is 16.3. The highest BCUT2D eigenvalue weighted by Gasteiger charge is 2.32. The first-order valence-corrected chi connectivity index (χ1v) is 7.63. The molecular formula is C16H16F3N3O2. The Morgan fingerprint density at radius 1 is 1.21 bits per heavy atom. The Morgan fingerprint density at radius 2 is 1.96 bits per heavy atom. The molecule has 2 heterocycles. The molecule has 0 amide bonds. The van der Waals surface area contributed by atoms with E-state index in [0.29, 0.717) is 17.5 Å². The minimum absolute atomic E-state index is 0.365. The lowest BCUT2D eigenvalue weighted by Gasteiger charge is -2.14. The third-order valence-corrected chi connectivity index (χ3v) is 3.87. The van der Waals surface area contributed by atoms with Crippen LogP contribution in [0, 0.1) is 0 Å². The van der Waals surface area contributed by atoms with E-state index >= 15 is 0 Å². The Bertz CT molecular complexity index is 750. The van der Waals surface area contributed by atoms with E-state index < -0.39 is 17.7 Å². The van der Waals surface area contributed by atoms with Gasteiger partial charge in [-0.15, -0.1) is 13.2 Å². The first-order chi connectivity index (χ1) is 11.4. The number of hydrogen-bond acceptors (Lipinski definition) is 4. The Morgan fingerprint density at radius 3 is 2.58 bits per heavy atom. The number of nitrogens with zero attached hydrogens (tertiary/aromatic N) is 2. The molecule has 0 saturated heterocycles. The van der Waals surface area contributed by atoms with Gasteiger partial charge < -0.3 is 10.1 Å². The molecule has 1 aliphatic carbocycles. The summed E-state index contributed by atoms with van der Waals surface area (Å²) in [7, 11) is 0. The van der Waals surface area contributed by atoms with Crippen molar-refractivity contribution in [3.63, 3.8) is 0 Å². The monoisotopic (exact) mass is 339 g/mol. The molecule has 1 fully saturated rings. The highest BCUT2D eigenvalue weighted by molar-refractivity contribution is 5.42. The topological polar surface area (TPSA) is 56.1 Å². The van der Waals surface area contributed by atoms with Crippen molar-refractivity contribution in [2.75, 3.05) is 5.32 Å². The zero-order valence-corrected chi connectivity index (χ0v) is 12.7. The maximum Gasteiger partial charge on any atom is 0.573 e. The average molecular weight is 339 g/mol. The van der Waals surface area contributed by atoms with E-state index in [1.54, 1.807) is 12.1 Å². The van der Waals surface area contributed by atoms with Crippen molar-refractivity contribution in [2.45, 2.75) is 38.1 Å². The Labute approximate surface area is 136 Å². The summed E-state index contributed by atoms with van der Waals surface area (Å²) in [6.45, 7) is 0. The van der Waals surface area contributed by atoms with Crippen LogP contribution in [0.4, 0.5) is 19.0 Å². The fraction of sp³-hybridized carbons (Fsp3) is 0.375. The van der Waals surface area contributed by atoms with Gasteiger partial charge >= 0.3 is 6.36 Å². The highest BCUT2D eigenvalue weighted by Crippen LogP contribution is 2.22. The first-order valence-electron chi connectivity index (χ1n) is 7.63. The molecule has 1 N–H and O–H groups in total. The molecule has 0 unspecified atom stereocenters. The minimum atomic E-state index is -4.91. The van der Waals surface area contributed by atoms with Crippen molar-refractivity contribution in [1.82, 2.24) is 9.55 Å². The number of ether oxygens (including phenoxy) is 1. The molecule has 0 bridgehead atoms. The predicted octanol–water partition coefficient (Wildman–Crippen LogP) is 3.49. The molecule has 128 valence electrons. The summed E-state index contributed by atoms with van der Waals surface area (Å²) < 4.78 is 41.7. The normalized spacial score (nSPS) is 15.5. The molecule has 3 rings (SSSR count). The van der Waals surface area contributed by atoms with Gasteiger partial charge in [-0.25, -0.2) is 4.98 Å². The second-order valence-corrected chi connectivity index (χ2v) is 5.62. The quantitative estimate of drug-likeness (QED) is 0.926. The van der Waals surface area contributed by atoms with Crippen molar-refractivity contribution in [2.24, 2.45) is 0 Å². The van der Waals surface area contributed by atoms with Gasteiger partial charge in [0, 0.05) is 12.2 Å². The number of hydrogen-bond donors (Lipinski definition) is 1. The molecule has 1 aliphatic rings. The van der Waals surface area contributed by atoms with Gasteiger partial charge in [-0.1, -0.05) is 12.8 Å². The van der Waals surface area contributed by atoms with Gasteiger partial charge in [0.05, 0.1) is 11.9 Å². The van der Waals surface area contributed by atoms with Crippen LogP contribution in [0.25, 0.3) is 5.69 Å². The van der Waals surface area contributed by atoms with E-state index in [1.165, 1.54) is 31.3 Å². The van der Waals surface area contributed by atoms with Crippen LogP contribution in [-0.4, -0.2) is 22.0 Å². The smallest absolute Gasteiger partial charge is 0.400 e. The molecule has 0 radical (unpaired) electrons. The maximum atomic E-state index is 12.3. The lowest BCUT2D eigenvalue weighted by molar-refractivity contribution is -0.275. The fourth-order valence-electron chi connectivity index (χ4n) is 2.77. The molecule has 1 saturated carbocycles. The van der Waals surface area contributed by atoms with Gasteiger partial charge in [-0.05, 0) is 37.1 Å². The van der Waals surface area contributed by atoms with Crippen LogP contribution in [-0.2, 0) is 0 Å². The Hall–Kier alpha value is -2.51. The van der Waals surface area contributed by atoms with E-state index in [1.807, 2.05) is 0 Å². The third-order valence-electron chi connectivity index (χ3n) is 3.87. The third kappa shape index (κ3) is 3.87. The van der Waals surface area contributed by atoms with Gasteiger partial charge in [-0.3, -0.25) is 9.36 Å². The van der Waals surface area contributed by atoms with Gasteiger partial charge in [-0.2, -0.15) is 0 Å². The molecule has 0 atom stereocenters. The number of alkyl halides is 3. The van der Waals surface area contributed by atoms with Gasteiger partial charge in [0.2, 0.25) is 0 Å². The number of aromatic nitrogens is 2. The van der Waals surface area contributed by atoms with Crippen molar-refractivity contribution in [3.05, 3.63) is 47.0 Å². The largest absolute Gasteiger partial charge is 0.573 e. The molecule has 2 aromatic rings. The molecule has 0 spiro atoms. The zero-order valence-electron chi connectivity index (χ0n) is 12.7. The van der Waals surface area contributed by atoms with Gasteiger partial charge in [0.1, 0.15) is 5.82 Å². The SMILES string of the molecule is O=c1c(OC(F)(F)F)cccn1-c1ccc(NC2CCCC2)nc1. The number of pyridine rings is 2. The summed E-state index contributed by atoms with van der Waals surface area (Å²) >= 11 is 0. The van der Waals surface area contributed by atoms with Gasteiger partial charge in [0.15, 0.2) is 5.75 Å². The van der Waals surface area contributed by atoms with E-state index in [-0.39, 0.29) is 0 Å². The minimum Gasteiger partial charge on any atom is -0.400 e. The molecule has 5 nitrogen and oxygen atoms in total. The number of anilines is 1. The lowest BCUT2D eigenvalue weighted by atomic mass is 10.2. The number of rotatable bonds is 4. The first kappa shape index (κ1) is 16.4. The van der Waals surface area contributed by atoms with E-state index in [0.717, 1.165) is 23.5 Å². The lowest BCUT2D eigenvalue weighted by Crippen LogP contribution is -2.26. The second kappa shape index (κ2) is 6.54. The van der Waals surface area contributed by atoms with E-state index in [2.05, 4.69) is 15.0 Å². The van der Waals surface area contributed by atoms with E-state index in [9.17, 15) is 18.0 Å². The van der Waals surface area contributed by atoms with Gasteiger partial charge in [0.25, 0.3) is 5.56 Å². The molecule has 0 aromatic carbocycles. The van der Waals surface area contributed by atoms with E-state index in [4.69, 9.17) is 0 Å². The average Bonchev–Trinajstić information content (AvgIpc) is 3.02. The zero-order chi connectivity index (χ0) is 17.2. The number of nitrogens with one attached hydrogen (secondary N) is 1. The Kier molecular flexibility index (Phi) is 4.46. The van der Waals surface area contributed by atoms with Crippen LogP contribution in [0.15, 0.2) is 41.5 Å². The molecule has 8 heteroatoms. The van der Waals surface area contributed by atoms with Crippen LogP contribution in [0.2, 0.25) is 0 Å². The Balaban J connectivity index is 1.81. The molecule has 2 aromatic heterocycles. The van der Waals surface area contributed by atoms with Crippen molar-refractivity contribution < 1.29 is 17.9 Å². The second-order valence-electron chi connectivity index (χ2n) is 5.62. The molecule has 24 heavy (non-hydrogen) atoms. The van der Waals surface area contributed by atoms with Crippen LogP contribution >= 0.6 is 0 Å². The summed E-state index contributed by atoms with van der Waals surface area (Å²) in [5, 5.41) is 3.30. The fourth-order valence-corrected chi connectivity index (χ4v) is 2.77. The summed E-state index contributed by atoms with van der Waals surface area (Å²) in [6.07, 6.45) is 2.47. The van der Waals surface area contributed by atoms with Crippen LogP contribution in [0.3, 0.4) is 0 Å². The highest BCUT2D eigenvalue weighted by atomic mass is 19.4. The predicted molar refractivity (Wildman–Crippen MR) is 82.4 cm³/mol. The van der Waals surface area contributed by atoms with Crippen LogP contribution in [0.5, 0.6) is 5.75 Å². The number of halogens is 3. The standard InChI is InChI=1S/C16H16F3N3O2/c17-16(18,19)24-13-6-3-9-22(15(13)23)12-7-8-14(20-10-12)21-11-4-1-2-5-11/h3,6-11H,1-2,4-5H2,(H,20,21). The maximum absolute atomic E-state index is 12.3. The summed E-state index contributed by atoms with van der Waals surface area (Å²) in [5.74, 6) is -0.0976. The van der Waals surface area contributed by atoms with Crippen LogP contribution < -0.4 is 15.6 Å². The van der Waals surface area contributed by atoms with Crippen molar-refractivity contribution in [3.8, 4) is 11.4 Å². The summed E-state index contributed by atoms with van der Waals surface area (Å²) in [6, 6.07) is 6.03. The van der Waals surface area contributed by atoms with Crippen molar-refractivity contribution >= 4 is 5.82 Å². The molecule has 0 aliphatic heterocycles. The molecular weight excluding hydrogens is 323 g/mol. The summed E-state index contributed by atoms with van der Waals surface area (Å²) in [5.41, 5.74) is -0.530. The van der Waals surface area contributed by atoms with Crippen LogP contribution in [0.1, 0.15) is 25.7 Å².